The molecule has 0 aliphatic carbocycles. The van der Waals surface area contributed by atoms with Crippen molar-refractivity contribution in [3.05, 3.63) is 18.5 Å². The lowest BCUT2D eigenvalue weighted by atomic mass is 9.85. The molecule has 0 saturated carbocycles. The van der Waals surface area contributed by atoms with Gasteiger partial charge in [-0.2, -0.15) is 4.80 Å². The van der Waals surface area contributed by atoms with E-state index in [2.05, 4.69) is 27.3 Å². The van der Waals surface area contributed by atoms with Gasteiger partial charge in [-0.05, 0) is 30.4 Å². The summed E-state index contributed by atoms with van der Waals surface area (Å²) >= 11 is 0. The third-order valence-electron chi connectivity index (χ3n) is 4.93. The Balaban J connectivity index is 2.19. The number of aryl methyl sites for hydroxylation is 1. The maximum Gasteiger partial charge on any atom is 0.326 e. The number of carboxylic acids is 1. The molecule has 1 saturated heterocycles. The Kier molecular flexibility index (Phi) is 7.10. The predicted octanol–water partition coefficient (Wildman–Crippen LogP) is 1.10. The molecule has 0 aromatic carbocycles. The molecule has 2 N–H and O–H groups in total. The highest BCUT2D eigenvalue weighted by Crippen LogP contribution is 2.30. The lowest BCUT2D eigenvalue weighted by Crippen LogP contribution is -2.56. The molecule has 2 amide bonds. The SMILES string of the molecule is C=CCCCC(=O)N[C@H](C(=O)N1C[C@H](n2nnc(C)n2)C[C@H]1C(=O)O)C(C)(C)C. The number of allylic oxidation sites excluding steroid dienone is 1. The van der Waals surface area contributed by atoms with E-state index in [0.717, 1.165) is 0 Å². The van der Waals surface area contributed by atoms with Crippen molar-refractivity contribution in [2.24, 2.45) is 5.41 Å². The molecule has 3 atom stereocenters. The summed E-state index contributed by atoms with van der Waals surface area (Å²) in [6.07, 6.45) is 3.55. The third-order valence-corrected chi connectivity index (χ3v) is 4.93. The van der Waals surface area contributed by atoms with Gasteiger partial charge in [0.15, 0.2) is 5.82 Å². The van der Waals surface area contributed by atoms with Crippen LogP contribution in [0, 0.1) is 12.3 Å². The van der Waals surface area contributed by atoms with Crippen molar-refractivity contribution in [2.75, 3.05) is 6.54 Å². The Morgan fingerprint density at radius 2 is 2.07 bits per heavy atom. The normalized spacial score (nSPS) is 20.3. The number of aromatic nitrogens is 4. The second-order valence-electron chi connectivity index (χ2n) is 8.44. The van der Waals surface area contributed by atoms with E-state index in [-0.39, 0.29) is 31.3 Å². The van der Waals surface area contributed by atoms with Crippen molar-refractivity contribution in [3.8, 4) is 0 Å². The quantitative estimate of drug-likeness (QED) is 0.488. The smallest absolute Gasteiger partial charge is 0.326 e. The number of rotatable bonds is 8. The van der Waals surface area contributed by atoms with Crippen molar-refractivity contribution in [1.82, 2.24) is 30.4 Å². The molecule has 1 aromatic rings. The molecule has 29 heavy (non-hydrogen) atoms. The molecule has 2 heterocycles. The number of amides is 2. The van der Waals surface area contributed by atoms with Crippen LogP contribution in [0.2, 0.25) is 0 Å². The van der Waals surface area contributed by atoms with E-state index >= 15 is 0 Å². The zero-order valence-electron chi connectivity index (χ0n) is 17.5. The molecule has 10 nitrogen and oxygen atoms in total. The summed E-state index contributed by atoms with van der Waals surface area (Å²) in [5, 5.41) is 24.4. The Morgan fingerprint density at radius 3 is 2.59 bits per heavy atom. The number of nitrogens with one attached hydrogen (secondary N) is 1. The van der Waals surface area contributed by atoms with Gasteiger partial charge in [-0.15, -0.1) is 16.8 Å². The Bertz CT molecular complexity index is 769. The molecule has 2 rings (SSSR count). The molecule has 1 aliphatic heterocycles. The first-order valence-electron chi connectivity index (χ1n) is 9.74. The van der Waals surface area contributed by atoms with Crippen LogP contribution in [0.15, 0.2) is 12.7 Å². The highest BCUT2D eigenvalue weighted by atomic mass is 16.4. The van der Waals surface area contributed by atoms with Gasteiger partial charge in [0.2, 0.25) is 11.8 Å². The summed E-state index contributed by atoms with van der Waals surface area (Å²) in [6, 6.07) is -2.24. The van der Waals surface area contributed by atoms with Crippen LogP contribution in [0.5, 0.6) is 0 Å². The summed E-state index contributed by atoms with van der Waals surface area (Å²) in [7, 11) is 0. The Labute approximate surface area is 170 Å². The molecule has 0 spiro atoms. The van der Waals surface area contributed by atoms with E-state index in [0.29, 0.717) is 18.7 Å². The van der Waals surface area contributed by atoms with E-state index < -0.39 is 29.4 Å². The fraction of sp³-hybridized carbons (Fsp3) is 0.684. The predicted molar refractivity (Wildman–Crippen MR) is 105 cm³/mol. The van der Waals surface area contributed by atoms with Crippen molar-refractivity contribution in [1.29, 1.82) is 0 Å². The number of unbranched alkanes of at least 4 members (excludes halogenated alkanes) is 1. The number of carbonyl (C=O) groups is 3. The van der Waals surface area contributed by atoms with E-state index in [4.69, 9.17) is 0 Å². The van der Waals surface area contributed by atoms with Gasteiger partial charge in [0.05, 0.1) is 6.04 Å². The van der Waals surface area contributed by atoms with Crippen molar-refractivity contribution >= 4 is 17.8 Å². The van der Waals surface area contributed by atoms with Crippen LogP contribution in [0.3, 0.4) is 0 Å². The number of aliphatic carboxylic acids is 1. The summed E-state index contributed by atoms with van der Waals surface area (Å²) in [4.78, 5) is 40.1. The van der Waals surface area contributed by atoms with Crippen molar-refractivity contribution < 1.29 is 19.5 Å². The molecule has 0 radical (unpaired) electrons. The molecular weight excluding hydrogens is 376 g/mol. The number of nitrogens with zero attached hydrogens (tertiary/aromatic N) is 5. The van der Waals surface area contributed by atoms with E-state index in [9.17, 15) is 19.5 Å². The first-order valence-corrected chi connectivity index (χ1v) is 9.74. The van der Waals surface area contributed by atoms with Gasteiger partial charge in [0, 0.05) is 19.4 Å². The largest absolute Gasteiger partial charge is 0.480 e. The van der Waals surface area contributed by atoms with Gasteiger partial charge in [-0.1, -0.05) is 26.8 Å². The average molecular weight is 406 g/mol. The van der Waals surface area contributed by atoms with E-state index in [1.54, 1.807) is 13.0 Å². The topological polar surface area (TPSA) is 130 Å². The first-order chi connectivity index (χ1) is 13.5. The van der Waals surface area contributed by atoms with Gasteiger partial charge in [0.25, 0.3) is 0 Å². The third kappa shape index (κ3) is 5.61. The summed E-state index contributed by atoms with van der Waals surface area (Å²) in [5.74, 6) is -1.28. The summed E-state index contributed by atoms with van der Waals surface area (Å²) < 4.78 is 0. The maximum atomic E-state index is 13.3. The zero-order chi connectivity index (χ0) is 21.8. The number of tetrazole rings is 1. The molecule has 0 unspecified atom stereocenters. The molecule has 0 bridgehead atoms. The first kappa shape index (κ1) is 22.5. The molecule has 1 aromatic heterocycles. The van der Waals surface area contributed by atoms with Gasteiger partial charge in [0.1, 0.15) is 12.1 Å². The fourth-order valence-electron chi connectivity index (χ4n) is 3.37. The van der Waals surface area contributed by atoms with Crippen molar-refractivity contribution in [3.63, 3.8) is 0 Å². The Hall–Kier alpha value is -2.78. The second-order valence-corrected chi connectivity index (χ2v) is 8.44. The molecule has 1 fully saturated rings. The van der Waals surface area contributed by atoms with E-state index in [1.165, 1.54) is 9.70 Å². The van der Waals surface area contributed by atoms with Gasteiger partial charge >= 0.3 is 5.97 Å². The maximum absolute atomic E-state index is 13.3. The lowest BCUT2D eigenvalue weighted by Gasteiger charge is -2.34. The standard InChI is InChI=1S/C19H30N6O4/c1-6-7-8-9-15(26)20-16(19(3,4)5)17(27)24-11-13(10-14(24)18(28)29)25-22-12(2)21-23-25/h6,13-14,16H,1,7-11H2,2-5H3,(H,20,26)(H,28,29)/t13-,14+,16-/m1/s1. The number of likely N-dealkylation sites (tertiary alicyclic amines) is 1. The molecule has 160 valence electrons. The summed E-state index contributed by atoms with van der Waals surface area (Å²) in [6.45, 7) is 11.0. The average Bonchev–Trinajstić information content (AvgIpc) is 3.24. The molecular formula is C19H30N6O4. The van der Waals surface area contributed by atoms with Gasteiger partial charge in [-0.25, -0.2) is 4.79 Å². The van der Waals surface area contributed by atoms with Crippen molar-refractivity contribution in [2.45, 2.75) is 71.5 Å². The minimum absolute atomic E-state index is 0.143. The highest BCUT2D eigenvalue weighted by molar-refractivity contribution is 5.91. The highest BCUT2D eigenvalue weighted by Gasteiger charge is 2.46. The van der Waals surface area contributed by atoms with Crippen LogP contribution in [-0.4, -0.2) is 66.6 Å². The second kappa shape index (κ2) is 9.15. The minimum atomic E-state index is -1.09. The van der Waals surface area contributed by atoms with Gasteiger partial charge < -0.3 is 15.3 Å². The number of hydrogen-bond donors (Lipinski definition) is 2. The van der Waals surface area contributed by atoms with Gasteiger partial charge in [-0.3, -0.25) is 9.59 Å². The van der Waals surface area contributed by atoms with Crippen LogP contribution < -0.4 is 5.32 Å². The van der Waals surface area contributed by atoms with Crippen LogP contribution >= 0.6 is 0 Å². The monoisotopic (exact) mass is 406 g/mol. The summed E-state index contributed by atoms with van der Waals surface area (Å²) in [5.41, 5.74) is -0.589. The van der Waals surface area contributed by atoms with E-state index in [1.807, 2.05) is 20.8 Å². The fourth-order valence-corrected chi connectivity index (χ4v) is 3.37. The van der Waals surface area contributed by atoms with Crippen LogP contribution in [0.25, 0.3) is 0 Å². The molecule has 10 heteroatoms. The minimum Gasteiger partial charge on any atom is -0.480 e. The lowest BCUT2D eigenvalue weighted by molar-refractivity contribution is -0.150. The van der Waals surface area contributed by atoms with Crippen LogP contribution in [0.4, 0.5) is 0 Å². The van der Waals surface area contributed by atoms with Crippen LogP contribution in [0.1, 0.15) is 58.3 Å². The number of hydrogen-bond acceptors (Lipinski definition) is 6. The number of carboxylic acid groups (broad SMARTS) is 1. The number of carbonyl (C=O) groups excluding carboxylic acids is 2. The zero-order valence-corrected chi connectivity index (χ0v) is 17.5. The molecule has 1 aliphatic rings. The van der Waals surface area contributed by atoms with Crippen LogP contribution in [-0.2, 0) is 14.4 Å². The Morgan fingerprint density at radius 1 is 1.38 bits per heavy atom.